The molecule has 0 saturated carbocycles. The summed E-state index contributed by atoms with van der Waals surface area (Å²) in [5, 5.41) is 0.847. The van der Waals surface area contributed by atoms with Crippen molar-refractivity contribution in [2.24, 2.45) is 5.41 Å². The van der Waals surface area contributed by atoms with E-state index in [1.165, 1.54) is 12.1 Å². The molecule has 2 aromatic heterocycles. The van der Waals surface area contributed by atoms with E-state index < -0.39 is 8.07 Å². The van der Waals surface area contributed by atoms with Crippen LogP contribution in [0.2, 0.25) is 25.7 Å². The Kier molecular flexibility index (Phi) is 7.02. The van der Waals surface area contributed by atoms with Crippen LogP contribution in [0.3, 0.4) is 0 Å². The number of Topliss-reactive ketones (excluding diaryl/α,β-unsaturated/α-hetero) is 1. The highest BCUT2D eigenvalue weighted by molar-refractivity contribution is 6.76. The molecule has 0 aliphatic heterocycles. The van der Waals surface area contributed by atoms with E-state index in [1.54, 1.807) is 19.4 Å². The maximum Gasteiger partial charge on any atom is 0.163 e. The van der Waals surface area contributed by atoms with Crippen molar-refractivity contribution in [2.45, 2.75) is 59.1 Å². The number of carbonyl (C=O) groups excluding carboxylic acids is 1. The molecule has 35 heavy (non-hydrogen) atoms. The number of carbonyl (C=O) groups is 1. The van der Waals surface area contributed by atoms with Crippen LogP contribution in [0.15, 0.2) is 42.6 Å². The molecule has 0 radical (unpaired) electrons. The smallest absolute Gasteiger partial charge is 0.163 e. The fourth-order valence-electron chi connectivity index (χ4n) is 4.58. The van der Waals surface area contributed by atoms with Gasteiger partial charge in [-0.25, -0.2) is 9.37 Å². The molecule has 1 aliphatic carbocycles. The molecule has 2 heterocycles. The molecule has 5 nitrogen and oxygen atoms in total. The summed E-state index contributed by atoms with van der Waals surface area (Å²) in [7, 11) is 0.301. The van der Waals surface area contributed by atoms with Gasteiger partial charge in [0.2, 0.25) is 0 Å². The minimum absolute atomic E-state index is 0.0866. The molecule has 0 bridgehead atoms. The molecular formula is C28H35FN2O3Si. The third-order valence-electron chi connectivity index (χ3n) is 6.55. The van der Waals surface area contributed by atoms with Gasteiger partial charge in [-0.1, -0.05) is 39.6 Å². The molecule has 7 heteroatoms. The number of allylic oxidation sites excluding steroid dienone is 2. The summed E-state index contributed by atoms with van der Waals surface area (Å²) in [4.78, 5) is 17.9. The van der Waals surface area contributed by atoms with Crippen molar-refractivity contribution < 1.29 is 18.7 Å². The van der Waals surface area contributed by atoms with Crippen LogP contribution in [0.5, 0.6) is 5.75 Å². The summed E-state index contributed by atoms with van der Waals surface area (Å²) in [6.07, 6.45) is 5.06. The Hall–Kier alpha value is -2.77. The fourth-order valence-corrected chi connectivity index (χ4v) is 5.34. The number of fused-ring (bicyclic) bond motifs is 1. The van der Waals surface area contributed by atoms with E-state index in [-0.39, 0.29) is 23.7 Å². The second kappa shape index (κ2) is 9.70. The molecular weight excluding hydrogens is 459 g/mol. The van der Waals surface area contributed by atoms with E-state index in [9.17, 15) is 9.18 Å². The van der Waals surface area contributed by atoms with Crippen molar-refractivity contribution in [3.8, 4) is 17.0 Å². The van der Waals surface area contributed by atoms with Crippen LogP contribution in [-0.2, 0) is 16.3 Å². The zero-order chi connectivity index (χ0) is 25.4. The van der Waals surface area contributed by atoms with Crippen molar-refractivity contribution in [3.05, 3.63) is 54.0 Å². The van der Waals surface area contributed by atoms with Crippen molar-refractivity contribution in [3.63, 3.8) is 0 Å². The van der Waals surface area contributed by atoms with Crippen molar-refractivity contribution in [2.75, 3.05) is 13.7 Å². The molecule has 0 spiro atoms. The number of pyridine rings is 1. The summed E-state index contributed by atoms with van der Waals surface area (Å²) in [5.74, 6) is 0.242. The van der Waals surface area contributed by atoms with Gasteiger partial charge in [0, 0.05) is 49.4 Å². The summed E-state index contributed by atoms with van der Waals surface area (Å²) in [6.45, 7) is 12.1. The standard InChI is InChI=1S/C28H35FN2O3Si/c1-28(2)12-11-23(32)22(17-28)25-20-8-7-13-30-27(20)31(18-34-14-15-35(4,5)6)26(25)21-16-19(29)9-10-24(21)33-3/h7-10,13,16-17H,11-12,14-15,18H2,1-6H3. The third-order valence-corrected chi connectivity index (χ3v) is 8.26. The van der Waals surface area contributed by atoms with Gasteiger partial charge in [0.1, 0.15) is 23.9 Å². The number of halogens is 1. The molecule has 1 aliphatic rings. The second-order valence-electron chi connectivity index (χ2n) is 11.2. The maximum absolute atomic E-state index is 14.6. The summed E-state index contributed by atoms with van der Waals surface area (Å²) >= 11 is 0. The normalized spacial score (nSPS) is 16.0. The molecule has 0 unspecified atom stereocenters. The minimum Gasteiger partial charge on any atom is -0.496 e. The van der Waals surface area contributed by atoms with Crippen molar-refractivity contribution >= 4 is 30.5 Å². The largest absolute Gasteiger partial charge is 0.496 e. The van der Waals surface area contributed by atoms with Crippen molar-refractivity contribution in [1.82, 2.24) is 9.55 Å². The number of aromatic nitrogens is 2. The lowest BCUT2D eigenvalue weighted by atomic mass is 9.76. The highest BCUT2D eigenvalue weighted by Gasteiger charge is 2.32. The topological polar surface area (TPSA) is 53.3 Å². The second-order valence-corrected chi connectivity index (χ2v) is 16.8. The number of ether oxygens (including phenoxy) is 2. The molecule has 0 atom stereocenters. The summed E-state index contributed by atoms with van der Waals surface area (Å²) in [5.41, 5.74) is 3.27. The van der Waals surface area contributed by atoms with Crippen LogP contribution in [0.1, 0.15) is 32.3 Å². The fraction of sp³-hybridized carbons (Fsp3) is 0.429. The molecule has 186 valence electrons. The Morgan fingerprint density at radius 2 is 1.97 bits per heavy atom. The van der Waals surface area contributed by atoms with E-state index >= 15 is 0 Å². The Morgan fingerprint density at radius 1 is 1.20 bits per heavy atom. The van der Waals surface area contributed by atoms with Gasteiger partial charge < -0.3 is 14.0 Å². The maximum atomic E-state index is 14.6. The first-order valence-corrected chi connectivity index (χ1v) is 15.9. The molecule has 0 amide bonds. The van der Waals surface area contributed by atoms with Gasteiger partial charge in [-0.2, -0.15) is 0 Å². The summed E-state index contributed by atoms with van der Waals surface area (Å²) < 4.78 is 28.3. The lowest BCUT2D eigenvalue weighted by molar-refractivity contribution is -0.114. The average molecular weight is 495 g/mol. The Labute approximate surface area is 208 Å². The predicted molar refractivity (Wildman–Crippen MR) is 142 cm³/mol. The number of methoxy groups -OCH3 is 1. The third kappa shape index (κ3) is 5.41. The monoisotopic (exact) mass is 494 g/mol. The Balaban J connectivity index is 1.98. The summed E-state index contributed by atoms with van der Waals surface area (Å²) in [6, 6.07) is 9.34. The van der Waals surface area contributed by atoms with Crippen LogP contribution in [-0.4, -0.2) is 37.1 Å². The minimum atomic E-state index is -1.27. The number of nitrogens with zero attached hydrogens (tertiary/aromatic N) is 2. The van der Waals surface area contributed by atoms with E-state index in [0.29, 0.717) is 41.3 Å². The molecule has 0 fully saturated rings. The van der Waals surface area contributed by atoms with Gasteiger partial charge in [-0.05, 0) is 48.2 Å². The lowest BCUT2D eigenvalue weighted by Gasteiger charge is -2.27. The number of ketones is 1. The Morgan fingerprint density at radius 3 is 2.69 bits per heavy atom. The van der Waals surface area contributed by atoms with Gasteiger partial charge in [0.05, 0.1) is 12.8 Å². The van der Waals surface area contributed by atoms with Gasteiger partial charge in [0.15, 0.2) is 5.78 Å². The number of hydrogen-bond acceptors (Lipinski definition) is 4. The average Bonchev–Trinajstić information content (AvgIpc) is 3.11. The number of hydrogen-bond donors (Lipinski definition) is 0. The number of benzene rings is 1. The van der Waals surface area contributed by atoms with Gasteiger partial charge in [-0.3, -0.25) is 4.79 Å². The van der Waals surface area contributed by atoms with E-state index in [1.807, 2.05) is 16.7 Å². The SMILES string of the molecule is COc1ccc(F)cc1-c1c(C2=CC(C)(C)CCC2=O)c2cccnc2n1COCC[Si](C)(C)C. The Bertz CT molecular complexity index is 1290. The van der Waals surface area contributed by atoms with E-state index in [2.05, 4.69) is 44.5 Å². The highest BCUT2D eigenvalue weighted by atomic mass is 28.3. The molecule has 1 aromatic carbocycles. The first-order valence-electron chi connectivity index (χ1n) is 12.2. The quantitative estimate of drug-likeness (QED) is 0.251. The van der Waals surface area contributed by atoms with Crippen LogP contribution in [0.4, 0.5) is 4.39 Å². The first kappa shape index (κ1) is 25.3. The predicted octanol–water partition coefficient (Wildman–Crippen LogP) is 6.94. The van der Waals surface area contributed by atoms with Crippen LogP contribution >= 0.6 is 0 Å². The van der Waals surface area contributed by atoms with Crippen LogP contribution in [0.25, 0.3) is 27.9 Å². The zero-order valence-corrected chi connectivity index (χ0v) is 22.6. The number of rotatable bonds is 8. The molecule has 0 N–H and O–H groups in total. The molecule has 3 aromatic rings. The van der Waals surface area contributed by atoms with Gasteiger partial charge >= 0.3 is 0 Å². The van der Waals surface area contributed by atoms with Crippen LogP contribution in [0, 0.1) is 11.2 Å². The molecule has 0 saturated heterocycles. The van der Waals surface area contributed by atoms with Crippen molar-refractivity contribution in [1.29, 1.82) is 0 Å². The van der Waals surface area contributed by atoms with Gasteiger partial charge in [0.25, 0.3) is 0 Å². The van der Waals surface area contributed by atoms with E-state index in [0.717, 1.165) is 23.4 Å². The van der Waals surface area contributed by atoms with Gasteiger partial charge in [-0.15, -0.1) is 0 Å². The van der Waals surface area contributed by atoms with E-state index in [4.69, 9.17) is 9.47 Å². The zero-order valence-electron chi connectivity index (χ0n) is 21.6. The van der Waals surface area contributed by atoms with Crippen LogP contribution < -0.4 is 4.74 Å². The highest BCUT2D eigenvalue weighted by Crippen LogP contribution is 2.45. The molecule has 4 rings (SSSR count). The first-order chi connectivity index (χ1) is 16.5. The lowest BCUT2D eigenvalue weighted by Crippen LogP contribution is -2.22.